The number of pyridine rings is 1. The highest BCUT2D eigenvalue weighted by Gasteiger charge is 2.11. The van der Waals surface area contributed by atoms with E-state index in [1.807, 2.05) is 36.4 Å². The van der Waals surface area contributed by atoms with E-state index in [1.165, 1.54) is 6.20 Å². The minimum atomic E-state index is -0.250. The maximum Gasteiger partial charge on any atom is 0.257 e. The number of hydrogen-bond acceptors (Lipinski definition) is 5. The van der Waals surface area contributed by atoms with Crippen LogP contribution in [0.2, 0.25) is 0 Å². The first-order chi connectivity index (χ1) is 15.1. The van der Waals surface area contributed by atoms with E-state index < -0.39 is 0 Å². The summed E-state index contributed by atoms with van der Waals surface area (Å²) in [7, 11) is 3.17. The van der Waals surface area contributed by atoms with Crippen molar-refractivity contribution >= 4 is 17.5 Å². The minimum absolute atomic E-state index is 0.0804. The first-order valence-corrected chi connectivity index (χ1v) is 9.87. The van der Waals surface area contributed by atoms with Crippen LogP contribution in [0.1, 0.15) is 27.9 Å². The van der Waals surface area contributed by atoms with Crippen LogP contribution in [0.25, 0.3) is 0 Å². The lowest BCUT2D eigenvalue weighted by atomic mass is 10.1. The van der Waals surface area contributed by atoms with E-state index in [2.05, 4.69) is 15.6 Å². The van der Waals surface area contributed by atoms with Crippen LogP contribution in [0.3, 0.4) is 0 Å². The predicted octanol–water partition coefficient (Wildman–Crippen LogP) is 3.60. The molecule has 0 aliphatic carbocycles. The zero-order valence-corrected chi connectivity index (χ0v) is 17.6. The van der Waals surface area contributed by atoms with Gasteiger partial charge in [-0.3, -0.25) is 14.6 Å². The number of methoxy groups -OCH3 is 2. The van der Waals surface area contributed by atoms with Gasteiger partial charge < -0.3 is 20.1 Å². The van der Waals surface area contributed by atoms with Gasteiger partial charge >= 0.3 is 0 Å². The molecule has 31 heavy (non-hydrogen) atoms. The number of rotatable bonds is 9. The van der Waals surface area contributed by atoms with Crippen LogP contribution in [-0.2, 0) is 17.8 Å². The van der Waals surface area contributed by atoms with Gasteiger partial charge in [0.25, 0.3) is 5.91 Å². The van der Waals surface area contributed by atoms with Crippen molar-refractivity contribution in [2.24, 2.45) is 0 Å². The first-order valence-electron chi connectivity index (χ1n) is 9.87. The standard InChI is InChI=1S/C24H25N3O4/c1-30-21-11-9-17(14-22(21)31-2)10-12-23(28)26-16-18-6-3-4-8-20(18)27-24(29)19-7-5-13-25-15-19/h3-9,11,13-15H,10,12,16H2,1-2H3,(H,26,28)(H,27,29). The molecule has 0 spiro atoms. The molecule has 0 aliphatic heterocycles. The summed E-state index contributed by atoms with van der Waals surface area (Å²) in [4.78, 5) is 28.7. The molecule has 1 aromatic heterocycles. The van der Waals surface area contributed by atoms with Gasteiger partial charge in [-0.15, -0.1) is 0 Å². The SMILES string of the molecule is COc1ccc(CCC(=O)NCc2ccccc2NC(=O)c2cccnc2)cc1OC. The average molecular weight is 419 g/mol. The number of ether oxygens (including phenoxy) is 2. The Morgan fingerprint density at radius 3 is 2.52 bits per heavy atom. The van der Waals surface area contributed by atoms with E-state index in [-0.39, 0.29) is 11.8 Å². The Morgan fingerprint density at radius 2 is 1.77 bits per heavy atom. The molecule has 3 rings (SSSR count). The van der Waals surface area contributed by atoms with E-state index >= 15 is 0 Å². The molecule has 0 radical (unpaired) electrons. The number of anilines is 1. The highest BCUT2D eigenvalue weighted by Crippen LogP contribution is 2.28. The molecule has 0 saturated heterocycles. The highest BCUT2D eigenvalue weighted by molar-refractivity contribution is 6.04. The summed E-state index contributed by atoms with van der Waals surface area (Å²) < 4.78 is 10.5. The minimum Gasteiger partial charge on any atom is -0.493 e. The first kappa shape index (κ1) is 21.8. The Labute approximate surface area is 181 Å². The van der Waals surface area contributed by atoms with Crippen molar-refractivity contribution in [3.05, 3.63) is 83.7 Å². The van der Waals surface area contributed by atoms with Crippen LogP contribution >= 0.6 is 0 Å². The maximum absolute atomic E-state index is 12.4. The highest BCUT2D eigenvalue weighted by atomic mass is 16.5. The molecule has 7 nitrogen and oxygen atoms in total. The lowest BCUT2D eigenvalue weighted by molar-refractivity contribution is -0.121. The number of aromatic nitrogens is 1. The molecule has 7 heteroatoms. The van der Waals surface area contributed by atoms with Gasteiger partial charge in [0.1, 0.15) is 0 Å². The topological polar surface area (TPSA) is 89.6 Å². The Kier molecular flexibility index (Phi) is 7.59. The maximum atomic E-state index is 12.4. The zero-order chi connectivity index (χ0) is 22.1. The van der Waals surface area contributed by atoms with Crippen LogP contribution in [0.4, 0.5) is 5.69 Å². The Balaban J connectivity index is 1.55. The molecule has 0 fully saturated rings. The van der Waals surface area contributed by atoms with Crippen molar-refractivity contribution in [2.45, 2.75) is 19.4 Å². The van der Waals surface area contributed by atoms with Gasteiger partial charge in [0.15, 0.2) is 11.5 Å². The molecule has 3 aromatic rings. The summed E-state index contributed by atoms with van der Waals surface area (Å²) in [6.45, 7) is 0.314. The van der Waals surface area contributed by atoms with Gasteiger partial charge in [0.2, 0.25) is 5.91 Å². The molecule has 0 atom stereocenters. The normalized spacial score (nSPS) is 10.3. The van der Waals surface area contributed by atoms with Crippen LogP contribution in [0.15, 0.2) is 67.0 Å². The summed E-state index contributed by atoms with van der Waals surface area (Å²) in [6, 6.07) is 16.4. The zero-order valence-electron chi connectivity index (χ0n) is 17.6. The number of carbonyl (C=O) groups is 2. The molecule has 0 bridgehead atoms. The summed E-state index contributed by atoms with van der Waals surface area (Å²) >= 11 is 0. The number of nitrogens with one attached hydrogen (secondary N) is 2. The lowest BCUT2D eigenvalue weighted by Gasteiger charge is -2.12. The van der Waals surface area contributed by atoms with Gasteiger partial charge in [0.05, 0.1) is 19.8 Å². The molecular formula is C24H25N3O4. The fraction of sp³-hybridized carbons (Fsp3) is 0.208. The summed E-state index contributed by atoms with van der Waals surface area (Å²) in [5.41, 5.74) is 2.92. The van der Waals surface area contributed by atoms with Crippen LogP contribution in [-0.4, -0.2) is 31.0 Å². The number of benzene rings is 2. The molecular weight excluding hydrogens is 394 g/mol. The van der Waals surface area contributed by atoms with Crippen LogP contribution < -0.4 is 20.1 Å². The fourth-order valence-corrected chi connectivity index (χ4v) is 3.06. The molecule has 0 unspecified atom stereocenters. The number of amides is 2. The van der Waals surface area contributed by atoms with Gasteiger partial charge in [-0.2, -0.15) is 0 Å². The quantitative estimate of drug-likeness (QED) is 0.553. The van der Waals surface area contributed by atoms with Gasteiger partial charge in [-0.25, -0.2) is 0 Å². The van der Waals surface area contributed by atoms with Crippen molar-refractivity contribution in [3.8, 4) is 11.5 Å². The lowest BCUT2D eigenvalue weighted by Crippen LogP contribution is -2.24. The molecule has 2 aromatic carbocycles. The second-order valence-corrected chi connectivity index (χ2v) is 6.82. The third-order valence-corrected chi connectivity index (χ3v) is 4.75. The Hall–Kier alpha value is -3.87. The van der Waals surface area contributed by atoms with E-state index in [4.69, 9.17) is 9.47 Å². The smallest absolute Gasteiger partial charge is 0.257 e. The molecule has 2 N–H and O–H groups in total. The summed E-state index contributed by atoms with van der Waals surface area (Å²) in [5, 5.41) is 5.79. The molecule has 0 aliphatic rings. The number of aryl methyl sites for hydroxylation is 1. The molecule has 1 heterocycles. The van der Waals surface area contributed by atoms with Crippen LogP contribution in [0.5, 0.6) is 11.5 Å². The second-order valence-electron chi connectivity index (χ2n) is 6.82. The van der Waals surface area contributed by atoms with E-state index in [9.17, 15) is 9.59 Å². The van der Waals surface area contributed by atoms with Crippen molar-refractivity contribution in [1.29, 1.82) is 0 Å². The Morgan fingerprint density at radius 1 is 0.968 bits per heavy atom. The monoisotopic (exact) mass is 419 g/mol. The number of hydrogen-bond donors (Lipinski definition) is 2. The van der Waals surface area contributed by atoms with Gasteiger partial charge in [0, 0.05) is 31.0 Å². The van der Waals surface area contributed by atoms with Crippen molar-refractivity contribution in [3.63, 3.8) is 0 Å². The van der Waals surface area contributed by atoms with Crippen LogP contribution in [0, 0.1) is 0 Å². The molecule has 0 saturated carbocycles. The molecule has 160 valence electrons. The summed E-state index contributed by atoms with van der Waals surface area (Å²) in [6.07, 6.45) is 4.03. The van der Waals surface area contributed by atoms with Crippen molar-refractivity contribution < 1.29 is 19.1 Å². The number of nitrogens with zero attached hydrogens (tertiary/aromatic N) is 1. The largest absolute Gasteiger partial charge is 0.493 e. The fourth-order valence-electron chi connectivity index (χ4n) is 3.06. The number of carbonyl (C=O) groups excluding carboxylic acids is 2. The number of para-hydroxylation sites is 1. The Bertz CT molecular complexity index is 1040. The van der Waals surface area contributed by atoms with E-state index in [0.717, 1.165) is 11.1 Å². The van der Waals surface area contributed by atoms with Crippen molar-refractivity contribution in [1.82, 2.24) is 10.3 Å². The van der Waals surface area contributed by atoms with E-state index in [1.54, 1.807) is 38.6 Å². The average Bonchev–Trinajstić information content (AvgIpc) is 2.82. The van der Waals surface area contributed by atoms with E-state index in [0.29, 0.717) is 42.1 Å². The second kappa shape index (κ2) is 10.8. The third kappa shape index (κ3) is 6.05. The van der Waals surface area contributed by atoms with Gasteiger partial charge in [-0.05, 0) is 47.9 Å². The third-order valence-electron chi connectivity index (χ3n) is 4.75. The van der Waals surface area contributed by atoms with Gasteiger partial charge in [-0.1, -0.05) is 24.3 Å². The van der Waals surface area contributed by atoms with Crippen molar-refractivity contribution in [2.75, 3.05) is 19.5 Å². The summed E-state index contributed by atoms with van der Waals surface area (Å²) in [5.74, 6) is 0.961. The predicted molar refractivity (Wildman–Crippen MR) is 118 cm³/mol. The molecule has 2 amide bonds.